The van der Waals surface area contributed by atoms with Gasteiger partial charge in [-0.15, -0.1) is 0 Å². The first-order valence-corrected chi connectivity index (χ1v) is 6.56. The number of nitrogens with zero attached hydrogens (tertiary/aromatic N) is 1. The second-order valence-corrected chi connectivity index (χ2v) is 4.55. The normalized spacial score (nSPS) is 9.26. The Bertz CT molecular complexity index is 726. The van der Waals surface area contributed by atoms with Gasteiger partial charge in [-0.05, 0) is 13.0 Å². The number of carboxylic acids is 1. The van der Waals surface area contributed by atoms with Crippen molar-refractivity contribution in [1.82, 2.24) is 0 Å². The van der Waals surface area contributed by atoms with Crippen molar-refractivity contribution in [3.8, 4) is 0 Å². The highest BCUT2D eigenvalue weighted by atomic mass is 16.6. The Kier molecular flexibility index (Phi) is 6.36. The second-order valence-electron chi connectivity index (χ2n) is 4.55. The maximum atomic E-state index is 12.1. The van der Waals surface area contributed by atoms with Crippen LogP contribution in [0.2, 0.25) is 0 Å². The van der Waals surface area contributed by atoms with Gasteiger partial charge < -0.3 is 5.11 Å². The largest absolute Gasteiger partial charge is 0.478 e. The zero-order valence-corrected chi connectivity index (χ0v) is 12.4. The highest BCUT2D eigenvalue weighted by molar-refractivity contribution is 6.11. The standard InChI is InChI=1S/C13H9NO3.C4H6O2/c15-13(10-6-2-1-3-7-10)11-8-4-5-9-12(11)14(16)17;1-3(2)4(5)6/h1-9H;1H2,2H3,(H,5,6). The summed E-state index contributed by atoms with van der Waals surface area (Å²) in [6.45, 7) is 4.60. The van der Waals surface area contributed by atoms with Crippen LogP contribution in [0.4, 0.5) is 5.69 Å². The average molecular weight is 313 g/mol. The molecule has 0 heterocycles. The first-order valence-electron chi connectivity index (χ1n) is 6.56. The molecule has 6 nitrogen and oxygen atoms in total. The van der Waals surface area contributed by atoms with Crippen LogP contribution in [0.3, 0.4) is 0 Å². The van der Waals surface area contributed by atoms with Gasteiger partial charge in [0.05, 0.1) is 4.92 Å². The van der Waals surface area contributed by atoms with E-state index in [1.54, 1.807) is 42.5 Å². The minimum atomic E-state index is -0.935. The van der Waals surface area contributed by atoms with E-state index in [0.717, 1.165) is 0 Å². The smallest absolute Gasteiger partial charge is 0.330 e. The highest BCUT2D eigenvalue weighted by Crippen LogP contribution is 2.20. The van der Waals surface area contributed by atoms with Gasteiger partial charge in [-0.25, -0.2) is 4.79 Å². The third-order valence-corrected chi connectivity index (χ3v) is 2.75. The van der Waals surface area contributed by atoms with Gasteiger partial charge in [0.15, 0.2) is 5.78 Å². The minimum Gasteiger partial charge on any atom is -0.478 e. The van der Waals surface area contributed by atoms with Gasteiger partial charge in [-0.2, -0.15) is 0 Å². The quantitative estimate of drug-likeness (QED) is 0.403. The van der Waals surface area contributed by atoms with E-state index < -0.39 is 10.9 Å². The first kappa shape index (κ1) is 17.8. The van der Waals surface area contributed by atoms with Crippen LogP contribution in [0, 0.1) is 10.1 Å². The average Bonchev–Trinajstić information content (AvgIpc) is 2.55. The van der Waals surface area contributed by atoms with E-state index in [1.807, 2.05) is 0 Å². The minimum absolute atomic E-state index is 0.115. The molecule has 23 heavy (non-hydrogen) atoms. The molecule has 0 amide bonds. The summed E-state index contributed by atoms with van der Waals surface area (Å²) in [7, 11) is 0. The lowest BCUT2D eigenvalue weighted by atomic mass is 10.0. The lowest BCUT2D eigenvalue weighted by Crippen LogP contribution is -2.04. The molecule has 0 saturated heterocycles. The molecule has 0 saturated carbocycles. The van der Waals surface area contributed by atoms with Crippen molar-refractivity contribution in [3.05, 3.63) is 88.0 Å². The van der Waals surface area contributed by atoms with Crippen LogP contribution < -0.4 is 0 Å². The Morgan fingerprint density at radius 3 is 2.00 bits per heavy atom. The maximum Gasteiger partial charge on any atom is 0.330 e. The van der Waals surface area contributed by atoms with E-state index >= 15 is 0 Å². The Morgan fingerprint density at radius 1 is 1.04 bits per heavy atom. The van der Waals surface area contributed by atoms with Crippen LogP contribution in [0.15, 0.2) is 66.7 Å². The predicted molar refractivity (Wildman–Crippen MR) is 85.4 cm³/mol. The summed E-state index contributed by atoms with van der Waals surface area (Å²) in [4.78, 5) is 31.9. The Morgan fingerprint density at radius 2 is 1.52 bits per heavy atom. The molecule has 2 rings (SSSR count). The molecule has 0 radical (unpaired) electrons. The molecule has 0 aliphatic carbocycles. The maximum absolute atomic E-state index is 12.1. The van der Waals surface area contributed by atoms with Crippen molar-refractivity contribution in [1.29, 1.82) is 0 Å². The topological polar surface area (TPSA) is 97.5 Å². The van der Waals surface area contributed by atoms with Crippen molar-refractivity contribution in [3.63, 3.8) is 0 Å². The van der Waals surface area contributed by atoms with E-state index in [4.69, 9.17) is 5.11 Å². The number of carbonyl (C=O) groups excluding carboxylic acids is 1. The van der Waals surface area contributed by atoms with E-state index in [-0.39, 0.29) is 22.6 Å². The van der Waals surface area contributed by atoms with Gasteiger partial charge in [0.1, 0.15) is 5.56 Å². The summed E-state index contributed by atoms with van der Waals surface area (Å²) < 4.78 is 0. The number of hydrogen-bond donors (Lipinski definition) is 1. The first-order chi connectivity index (χ1) is 10.8. The predicted octanol–water partition coefficient (Wildman–Crippen LogP) is 3.47. The van der Waals surface area contributed by atoms with Gasteiger partial charge in [-0.1, -0.05) is 49.0 Å². The molecule has 0 fully saturated rings. The monoisotopic (exact) mass is 313 g/mol. The second kappa shape index (κ2) is 8.23. The number of carboxylic acid groups (broad SMARTS) is 1. The Labute approximate surface area is 132 Å². The summed E-state index contributed by atoms with van der Waals surface area (Å²) in [5, 5.41) is 18.7. The molecule has 2 aromatic rings. The fraction of sp³-hybridized carbons (Fsp3) is 0.0588. The van der Waals surface area contributed by atoms with Gasteiger partial charge in [0.2, 0.25) is 0 Å². The van der Waals surface area contributed by atoms with E-state index in [1.165, 1.54) is 19.1 Å². The molecular weight excluding hydrogens is 298 g/mol. The van der Waals surface area contributed by atoms with Crippen LogP contribution in [-0.4, -0.2) is 21.8 Å². The van der Waals surface area contributed by atoms with Crippen LogP contribution in [0.25, 0.3) is 0 Å². The zero-order chi connectivity index (χ0) is 17.4. The van der Waals surface area contributed by atoms with Crippen molar-refractivity contribution < 1.29 is 19.6 Å². The molecule has 0 bridgehead atoms. The fourth-order valence-corrected chi connectivity index (χ4v) is 1.57. The lowest BCUT2D eigenvalue weighted by molar-refractivity contribution is -0.385. The summed E-state index contributed by atoms with van der Waals surface area (Å²) in [5.41, 5.74) is 0.571. The molecule has 0 unspecified atom stereocenters. The summed E-state index contributed by atoms with van der Waals surface area (Å²) in [5.74, 6) is -1.27. The van der Waals surface area contributed by atoms with E-state index in [0.29, 0.717) is 5.56 Å². The number of benzene rings is 2. The number of hydrogen-bond acceptors (Lipinski definition) is 4. The molecular formula is C17H15NO5. The molecule has 118 valence electrons. The molecule has 0 spiro atoms. The van der Waals surface area contributed by atoms with Gasteiger partial charge in [0.25, 0.3) is 5.69 Å². The van der Waals surface area contributed by atoms with Crippen LogP contribution in [0.5, 0.6) is 0 Å². The Hall–Kier alpha value is -3.28. The molecule has 6 heteroatoms. The fourth-order valence-electron chi connectivity index (χ4n) is 1.57. The van der Waals surface area contributed by atoms with Crippen LogP contribution >= 0.6 is 0 Å². The van der Waals surface area contributed by atoms with Gasteiger partial charge in [0, 0.05) is 17.2 Å². The van der Waals surface area contributed by atoms with Crippen molar-refractivity contribution in [2.24, 2.45) is 0 Å². The number of rotatable bonds is 4. The third-order valence-electron chi connectivity index (χ3n) is 2.75. The number of ketones is 1. The number of nitro groups is 1. The number of carbonyl (C=O) groups is 2. The van der Waals surface area contributed by atoms with Crippen LogP contribution in [0.1, 0.15) is 22.8 Å². The van der Waals surface area contributed by atoms with Crippen molar-refractivity contribution >= 4 is 17.4 Å². The van der Waals surface area contributed by atoms with E-state index in [2.05, 4.69) is 6.58 Å². The number of para-hydroxylation sites is 1. The summed E-state index contributed by atoms with van der Waals surface area (Å²) in [6.07, 6.45) is 0. The number of aliphatic carboxylic acids is 1. The third kappa shape index (κ3) is 5.20. The van der Waals surface area contributed by atoms with Crippen LogP contribution in [-0.2, 0) is 4.79 Å². The SMILES string of the molecule is C=C(C)C(=O)O.O=C(c1ccccc1)c1ccccc1[N+](=O)[O-]. The van der Waals surface area contributed by atoms with Crippen molar-refractivity contribution in [2.45, 2.75) is 6.92 Å². The summed E-state index contributed by atoms with van der Waals surface area (Å²) >= 11 is 0. The summed E-state index contributed by atoms with van der Waals surface area (Å²) in [6, 6.07) is 14.5. The Balaban J connectivity index is 0.000000379. The molecule has 0 aliphatic heterocycles. The zero-order valence-electron chi connectivity index (χ0n) is 12.4. The molecule has 1 N–H and O–H groups in total. The van der Waals surface area contributed by atoms with E-state index in [9.17, 15) is 19.7 Å². The molecule has 0 aliphatic rings. The van der Waals surface area contributed by atoms with Gasteiger partial charge >= 0.3 is 5.97 Å². The highest BCUT2D eigenvalue weighted by Gasteiger charge is 2.19. The molecule has 0 aromatic heterocycles. The lowest BCUT2D eigenvalue weighted by Gasteiger charge is -2.01. The van der Waals surface area contributed by atoms with Gasteiger partial charge in [-0.3, -0.25) is 14.9 Å². The number of nitro benzene ring substituents is 1. The molecule has 2 aromatic carbocycles. The van der Waals surface area contributed by atoms with Crippen molar-refractivity contribution in [2.75, 3.05) is 0 Å². The molecule has 0 atom stereocenters.